The number of hydrogen-bond donors (Lipinski definition) is 4. The first kappa shape index (κ1) is 21.5. The van der Waals surface area contributed by atoms with Crippen molar-refractivity contribution in [1.82, 2.24) is 5.32 Å². The molecule has 7 nitrogen and oxygen atoms in total. The molecule has 0 saturated heterocycles. The Morgan fingerprint density at radius 3 is 2.77 bits per heavy atom. The highest BCUT2D eigenvalue weighted by Crippen LogP contribution is 2.29. The zero-order valence-electron chi connectivity index (χ0n) is 17.0. The van der Waals surface area contributed by atoms with Crippen LogP contribution < -0.4 is 15.8 Å². The summed E-state index contributed by atoms with van der Waals surface area (Å²) in [4.78, 5) is 25.6. The van der Waals surface area contributed by atoms with Gasteiger partial charge in [-0.1, -0.05) is 12.1 Å². The number of hydrogen-bond acceptors (Lipinski definition) is 6. The van der Waals surface area contributed by atoms with Gasteiger partial charge in [-0.05, 0) is 60.0 Å². The lowest BCUT2D eigenvalue weighted by Gasteiger charge is -2.31. The van der Waals surface area contributed by atoms with E-state index in [4.69, 9.17) is 10.5 Å². The van der Waals surface area contributed by atoms with Crippen LogP contribution in [0.3, 0.4) is 0 Å². The van der Waals surface area contributed by atoms with E-state index in [1.165, 1.54) is 28.5 Å². The van der Waals surface area contributed by atoms with Gasteiger partial charge in [0.15, 0.2) is 0 Å². The zero-order valence-corrected chi connectivity index (χ0v) is 17.8. The van der Waals surface area contributed by atoms with E-state index < -0.39 is 36.2 Å². The number of carbonyl (C=O) groups excluding carboxylic acids is 2. The van der Waals surface area contributed by atoms with Crippen LogP contribution in [0.25, 0.3) is 0 Å². The van der Waals surface area contributed by atoms with Gasteiger partial charge in [-0.25, -0.2) is 0 Å². The number of aryl methyl sites for hydroxylation is 2. The number of primary amides is 1. The van der Waals surface area contributed by atoms with Crippen molar-refractivity contribution in [2.45, 2.75) is 56.5 Å². The quantitative estimate of drug-likeness (QED) is 0.514. The number of nitrogens with one attached hydrogen (secondary N) is 1. The Kier molecular flexibility index (Phi) is 6.41. The largest absolute Gasteiger partial charge is 0.484 e. The topological polar surface area (TPSA) is 122 Å². The lowest BCUT2D eigenvalue weighted by molar-refractivity contribution is -0.126. The van der Waals surface area contributed by atoms with Gasteiger partial charge in [-0.3, -0.25) is 9.59 Å². The van der Waals surface area contributed by atoms with Crippen LogP contribution in [0, 0.1) is 0 Å². The van der Waals surface area contributed by atoms with Crippen LogP contribution in [0.2, 0.25) is 0 Å². The summed E-state index contributed by atoms with van der Waals surface area (Å²) >= 11 is 1.48. The molecule has 1 aromatic heterocycles. The first-order chi connectivity index (χ1) is 14.9. The van der Waals surface area contributed by atoms with Gasteiger partial charge in [0.1, 0.15) is 24.0 Å². The van der Waals surface area contributed by atoms with Crippen molar-refractivity contribution in [1.29, 1.82) is 0 Å². The summed E-state index contributed by atoms with van der Waals surface area (Å²) in [7, 11) is 0. The van der Waals surface area contributed by atoms with Gasteiger partial charge in [-0.15, -0.1) is 11.3 Å². The fourth-order valence-corrected chi connectivity index (χ4v) is 4.84. The number of nitrogens with two attached hydrogens (primary N) is 1. The molecule has 4 rings (SSSR count). The molecule has 2 aliphatic carbocycles. The molecule has 2 amide bonds. The second-order valence-electron chi connectivity index (χ2n) is 8.03. The number of aliphatic hydroxyl groups excluding tert-OH is 2. The van der Waals surface area contributed by atoms with Gasteiger partial charge >= 0.3 is 0 Å². The summed E-state index contributed by atoms with van der Waals surface area (Å²) < 4.78 is 5.92. The molecule has 4 atom stereocenters. The molecule has 164 valence electrons. The molecule has 1 aromatic carbocycles. The van der Waals surface area contributed by atoms with Gasteiger partial charge in [0, 0.05) is 23.3 Å². The second kappa shape index (κ2) is 9.21. The third-order valence-electron chi connectivity index (χ3n) is 5.79. The molecule has 2 aromatic rings. The molecule has 0 spiro atoms. The predicted octanol–water partition coefficient (Wildman–Crippen LogP) is 1.25. The fourth-order valence-electron chi connectivity index (χ4n) is 4.08. The normalized spacial score (nSPS) is 23.5. The summed E-state index contributed by atoms with van der Waals surface area (Å²) in [6.45, 7) is 0. The summed E-state index contributed by atoms with van der Waals surface area (Å²) in [6, 6.07) is 8.67. The van der Waals surface area contributed by atoms with Crippen molar-refractivity contribution in [2.75, 3.05) is 0 Å². The van der Waals surface area contributed by atoms with Crippen LogP contribution in [0.4, 0.5) is 0 Å². The molecule has 31 heavy (non-hydrogen) atoms. The zero-order chi connectivity index (χ0) is 22.0. The van der Waals surface area contributed by atoms with Crippen LogP contribution in [0.1, 0.15) is 28.8 Å². The third-order valence-corrected chi connectivity index (χ3v) is 6.69. The highest BCUT2D eigenvalue weighted by molar-refractivity contribution is 7.09. The van der Waals surface area contributed by atoms with Crippen molar-refractivity contribution in [3.63, 3.8) is 0 Å². The maximum Gasteiger partial charge on any atom is 0.247 e. The molecule has 8 heteroatoms. The third kappa shape index (κ3) is 4.98. The first-order valence-corrected chi connectivity index (χ1v) is 11.3. The molecule has 0 radical (unpaired) electrons. The molecule has 0 aliphatic heterocycles. The molecule has 0 saturated carbocycles. The Balaban J connectivity index is 1.48. The van der Waals surface area contributed by atoms with Crippen LogP contribution >= 0.6 is 11.3 Å². The maximum absolute atomic E-state index is 12.8. The van der Waals surface area contributed by atoms with Gasteiger partial charge in [-0.2, -0.15) is 0 Å². The standard InChI is InChI=1S/C23H26N2O5S/c24-22(28)18(12-17-5-2-8-31-17)25-23(29)15-10-19(26)21(27)20(11-15)30-16-7-6-13-3-1-4-14(13)9-16/h2,5-9,11,18-21,26-27H,1,3-4,10,12H2,(H2,24,28)(H,25,29). The molecule has 1 heterocycles. The van der Waals surface area contributed by atoms with Crippen LogP contribution in [-0.4, -0.2) is 46.4 Å². The van der Waals surface area contributed by atoms with E-state index in [2.05, 4.69) is 5.32 Å². The second-order valence-corrected chi connectivity index (χ2v) is 9.06. The Labute approximate surface area is 184 Å². The number of fused-ring (bicyclic) bond motifs is 1. The molecule has 4 unspecified atom stereocenters. The van der Waals surface area contributed by atoms with Gasteiger partial charge in [0.25, 0.3) is 0 Å². The number of amides is 2. The predicted molar refractivity (Wildman–Crippen MR) is 117 cm³/mol. The summed E-state index contributed by atoms with van der Waals surface area (Å²) in [5.74, 6) is -0.555. The smallest absolute Gasteiger partial charge is 0.247 e. The summed E-state index contributed by atoms with van der Waals surface area (Å²) in [5, 5.41) is 25.3. The van der Waals surface area contributed by atoms with E-state index in [1.54, 1.807) is 0 Å². The van der Waals surface area contributed by atoms with Crippen molar-refractivity contribution in [3.8, 4) is 5.75 Å². The molecular formula is C23H26N2O5S. The van der Waals surface area contributed by atoms with Crippen LogP contribution in [0.5, 0.6) is 5.75 Å². The first-order valence-electron chi connectivity index (χ1n) is 10.4. The van der Waals surface area contributed by atoms with Crippen molar-refractivity contribution in [2.24, 2.45) is 5.73 Å². The monoisotopic (exact) mass is 442 g/mol. The maximum atomic E-state index is 12.8. The summed E-state index contributed by atoms with van der Waals surface area (Å²) in [6.07, 6.45) is 1.73. The average Bonchev–Trinajstić information content (AvgIpc) is 3.42. The highest BCUT2D eigenvalue weighted by Gasteiger charge is 2.35. The van der Waals surface area contributed by atoms with E-state index in [9.17, 15) is 19.8 Å². The molecule has 0 fully saturated rings. The molecule has 0 bridgehead atoms. The molecular weight excluding hydrogens is 416 g/mol. The minimum absolute atomic E-state index is 0.0401. The van der Waals surface area contributed by atoms with Crippen LogP contribution in [-0.2, 0) is 28.9 Å². The average molecular weight is 443 g/mol. The van der Waals surface area contributed by atoms with E-state index in [0.29, 0.717) is 12.2 Å². The number of ether oxygens (including phenoxy) is 1. The minimum atomic E-state index is -1.16. The SMILES string of the molecule is NC(=O)C(Cc1cccs1)NC(=O)C1=CC(Oc2ccc3c(c2)CCC3)C(O)C(O)C1. The lowest BCUT2D eigenvalue weighted by Crippen LogP contribution is -2.49. The Morgan fingerprint density at radius 1 is 1.23 bits per heavy atom. The number of benzene rings is 1. The number of aliphatic hydroxyl groups is 2. The highest BCUT2D eigenvalue weighted by atomic mass is 32.1. The van der Waals surface area contributed by atoms with Crippen molar-refractivity contribution >= 4 is 23.2 Å². The van der Waals surface area contributed by atoms with Crippen LogP contribution in [0.15, 0.2) is 47.4 Å². The molecule has 2 aliphatic rings. The minimum Gasteiger partial charge on any atom is -0.484 e. The number of rotatable bonds is 7. The Morgan fingerprint density at radius 2 is 2.03 bits per heavy atom. The Hall–Kier alpha value is -2.68. The number of carbonyl (C=O) groups is 2. The van der Waals surface area contributed by atoms with E-state index in [1.807, 2.05) is 35.7 Å². The van der Waals surface area contributed by atoms with Crippen molar-refractivity contribution < 1.29 is 24.5 Å². The van der Waals surface area contributed by atoms with Crippen molar-refractivity contribution in [3.05, 3.63) is 63.4 Å². The van der Waals surface area contributed by atoms with Gasteiger partial charge in [0.05, 0.1) is 6.10 Å². The van der Waals surface area contributed by atoms with E-state index >= 15 is 0 Å². The molecule has 5 N–H and O–H groups in total. The fraction of sp³-hybridized carbons (Fsp3) is 0.391. The Bertz CT molecular complexity index is 988. The number of thiophene rings is 1. The summed E-state index contributed by atoms with van der Waals surface area (Å²) in [5.41, 5.74) is 8.25. The van der Waals surface area contributed by atoms with E-state index in [-0.39, 0.29) is 12.0 Å². The lowest BCUT2D eigenvalue weighted by atomic mass is 9.91. The van der Waals surface area contributed by atoms with Gasteiger partial charge in [0.2, 0.25) is 11.8 Å². The van der Waals surface area contributed by atoms with Gasteiger partial charge < -0.3 is 26.0 Å². The van der Waals surface area contributed by atoms with E-state index in [0.717, 1.165) is 24.1 Å².